The Bertz CT molecular complexity index is 477. The van der Waals surface area contributed by atoms with Crippen LogP contribution in [0.15, 0.2) is 60.7 Å². The fraction of sp³-hybridized carbons (Fsp3) is 0.429. The Morgan fingerprint density at radius 3 is 1.55 bits per heavy atom. The maximum Gasteiger partial charge on any atom is 0.0240 e. The van der Waals surface area contributed by atoms with Crippen LogP contribution >= 0.6 is 0 Å². The van der Waals surface area contributed by atoms with Crippen LogP contribution in [-0.2, 0) is 13.1 Å². The summed E-state index contributed by atoms with van der Waals surface area (Å²) in [4.78, 5) is 2.60. The minimum Gasteiger partial charge on any atom is -0.292 e. The quantitative estimate of drug-likeness (QED) is 0.620. The molecule has 0 aromatic heterocycles. The van der Waals surface area contributed by atoms with Crippen molar-refractivity contribution < 1.29 is 0 Å². The fourth-order valence-corrected chi connectivity index (χ4v) is 2.76. The molecule has 0 aliphatic carbocycles. The van der Waals surface area contributed by atoms with Crippen molar-refractivity contribution in [3.05, 3.63) is 71.8 Å². The summed E-state index contributed by atoms with van der Waals surface area (Å²) in [6, 6.07) is 22.2. The summed E-state index contributed by atoms with van der Waals surface area (Å²) in [5, 5.41) is 0. The van der Waals surface area contributed by atoms with E-state index in [1.165, 1.54) is 24.0 Å². The molecule has 22 heavy (non-hydrogen) atoms. The average Bonchev–Trinajstić information content (AvgIpc) is 2.54. The Balaban J connectivity index is 2.05. The first-order chi connectivity index (χ1) is 10.6. The molecular formula is C21H29N. The van der Waals surface area contributed by atoms with Crippen LogP contribution in [-0.4, -0.2) is 10.9 Å². The third-order valence-corrected chi connectivity index (χ3v) is 4.24. The summed E-state index contributed by atoms with van der Waals surface area (Å²) in [7, 11) is 0. The Labute approximate surface area is 136 Å². The van der Waals surface area contributed by atoms with Crippen molar-refractivity contribution in [2.75, 3.05) is 0 Å². The second-order valence-corrected chi connectivity index (χ2v) is 6.70. The predicted octanol–water partition coefficient (Wildman–Crippen LogP) is 5.51. The van der Waals surface area contributed by atoms with Crippen LogP contribution in [0.4, 0.5) is 0 Å². The Kier molecular flexibility index (Phi) is 6.67. The van der Waals surface area contributed by atoms with E-state index in [2.05, 4.69) is 86.3 Å². The fourth-order valence-electron chi connectivity index (χ4n) is 2.76. The molecule has 118 valence electrons. The monoisotopic (exact) mass is 295 g/mol. The highest BCUT2D eigenvalue weighted by Gasteiger charge is 2.15. The van der Waals surface area contributed by atoms with Gasteiger partial charge in [-0.25, -0.2) is 0 Å². The summed E-state index contributed by atoms with van der Waals surface area (Å²) >= 11 is 0. The molecule has 0 N–H and O–H groups in total. The van der Waals surface area contributed by atoms with Crippen LogP contribution in [0.1, 0.15) is 44.7 Å². The van der Waals surface area contributed by atoms with Crippen LogP contribution in [0.25, 0.3) is 0 Å². The number of hydrogen-bond acceptors (Lipinski definition) is 1. The lowest BCUT2D eigenvalue weighted by molar-refractivity contribution is 0.175. The van der Waals surface area contributed by atoms with E-state index in [0.29, 0.717) is 6.04 Å². The smallest absolute Gasteiger partial charge is 0.0240 e. The zero-order valence-electron chi connectivity index (χ0n) is 14.2. The molecule has 0 radical (unpaired) electrons. The molecule has 0 aliphatic heterocycles. The predicted molar refractivity (Wildman–Crippen MR) is 95.7 cm³/mol. The first-order valence-corrected chi connectivity index (χ1v) is 8.47. The molecule has 0 spiro atoms. The SMILES string of the molecule is CC(C)CCC(C)N(Cc1ccccc1)Cc1ccccc1. The molecule has 0 aliphatic rings. The van der Waals surface area contributed by atoms with E-state index in [4.69, 9.17) is 0 Å². The van der Waals surface area contributed by atoms with Crippen molar-refractivity contribution in [3.8, 4) is 0 Å². The Morgan fingerprint density at radius 2 is 1.14 bits per heavy atom. The van der Waals surface area contributed by atoms with Crippen molar-refractivity contribution in [2.24, 2.45) is 5.92 Å². The van der Waals surface area contributed by atoms with Gasteiger partial charge in [0.1, 0.15) is 0 Å². The topological polar surface area (TPSA) is 3.24 Å². The molecule has 1 unspecified atom stereocenters. The molecule has 0 saturated carbocycles. The lowest BCUT2D eigenvalue weighted by Gasteiger charge is -2.30. The highest BCUT2D eigenvalue weighted by atomic mass is 15.1. The zero-order valence-corrected chi connectivity index (χ0v) is 14.2. The third-order valence-electron chi connectivity index (χ3n) is 4.24. The Hall–Kier alpha value is -1.60. The molecule has 0 saturated heterocycles. The van der Waals surface area contributed by atoms with E-state index in [0.717, 1.165) is 19.0 Å². The van der Waals surface area contributed by atoms with Crippen molar-refractivity contribution in [2.45, 2.75) is 52.7 Å². The molecule has 0 bridgehead atoms. The van der Waals surface area contributed by atoms with Gasteiger partial charge in [-0.1, -0.05) is 74.5 Å². The molecule has 2 rings (SSSR count). The van der Waals surface area contributed by atoms with Gasteiger partial charge < -0.3 is 0 Å². The van der Waals surface area contributed by atoms with Gasteiger partial charge in [0.25, 0.3) is 0 Å². The third kappa shape index (κ3) is 5.65. The van der Waals surface area contributed by atoms with E-state index in [1.807, 2.05) is 0 Å². The van der Waals surface area contributed by atoms with E-state index >= 15 is 0 Å². The van der Waals surface area contributed by atoms with Gasteiger partial charge in [-0.15, -0.1) is 0 Å². The largest absolute Gasteiger partial charge is 0.292 e. The molecule has 2 aromatic carbocycles. The Morgan fingerprint density at radius 1 is 0.682 bits per heavy atom. The first-order valence-electron chi connectivity index (χ1n) is 8.47. The van der Waals surface area contributed by atoms with Gasteiger partial charge in [-0.05, 0) is 36.8 Å². The van der Waals surface area contributed by atoms with E-state index in [9.17, 15) is 0 Å². The van der Waals surface area contributed by atoms with Crippen LogP contribution < -0.4 is 0 Å². The van der Waals surface area contributed by atoms with Crippen molar-refractivity contribution in [1.29, 1.82) is 0 Å². The van der Waals surface area contributed by atoms with Gasteiger partial charge in [0.15, 0.2) is 0 Å². The second kappa shape index (κ2) is 8.75. The van der Waals surface area contributed by atoms with Gasteiger partial charge >= 0.3 is 0 Å². The maximum absolute atomic E-state index is 2.60. The van der Waals surface area contributed by atoms with Crippen LogP contribution in [0, 0.1) is 5.92 Å². The molecule has 0 heterocycles. The lowest BCUT2D eigenvalue weighted by atomic mass is 10.0. The van der Waals surface area contributed by atoms with Crippen molar-refractivity contribution in [1.82, 2.24) is 4.90 Å². The normalized spacial score (nSPS) is 12.8. The van der Waals surface area contributed by atoms with Gasteiger partial charge in [0, 0.05) is 19.1 Å². The first kappa shape index (κ1) is 16.8. The molecule has 0 amide bonds. The molecule has 1 heteroatoms. The highest BCUT2D eigenvalue weighted by molar-refractivity contribution is 5.17. The summed E-state index contributed by atoms with van der Waals surface area (Å²) in [5.74, 6) is 0.776. The number of rotatable bonds is 8. The van der Waals surface area contributed by atoms with Gasteiger partial charge in [-0.3, -0.25) is 4.90 Å². The van der Waals surface area contributed by atoms with E-state index in [-0.39, 0.29) is 0 Å². The van der Waals surface area contributed by atoms with E-state index in [1.54, 1.807) is 0 Å². The molecule has 2 aromatic rings. The maximum atomic E-state index is 2.60. The summed E-state index contributed by atoms with van der Waals surface area (Å²) in [6.45, 7) is 9.04. The molecule has 0 fully saturated rings. The van der Waals surface area contributed by atoms with Crippen LogP contribution in [0.5, 0.6) is 0 Å². The summed E-state index contributed by atoms with van der Waals surface area (Å²) in [5.41, 5.74) is 2.80. The lowest BCUT2D eigenvalue weighted by Crippen LogP contribution is -2.32. The minimum absolute atomic E-state index is 0.600. The van der Waals surface area contributed by atoms with E-state index < -0.39 is 0 Å². The number of benzene rings is 2. The van der Waals surface area contributed by atoms with Crippen molar-refractivity contribution >= 4 is 0 Å². The second-order valence-electron chi connectivity index (χ2n) is 6.70. The summed E-state index contributed by atoms with van der Waals surface area (Å²) < 4.78 is 0. The van der Waals surface area contributed by atoms with Crippen LogP contribution in [0.3, 0.4) is 0 Å². The van der Waals surface area contributed by atoms with Crippen molar-refractivity contribution in [3.63, 3.8) is 0 Å². The average molecular weight is 295 g/mol. The van der Waals surface area contributed by atoms with Crippen LogP contribution in [0.2, 0.25) is 0 Å². The zero-order chi connectivity index (χ0) is 15.8. The standard InChI is InChI=1S/C21H29N/c1-18(2)14-15-19(3)22(16-20-10-6-4-7-11-20)17-21-12-8-5-9-13-21/h4-13,18-19H,14-17H2,1-3H3. The summed E-state index contributed by atoms with van der Waals surface area (Å²) in [6.07, 6.45) is 2.55. The molecule has 1 nitrogen and oxygen atoms in total. The minimum atomic E-state index is 0.600. The number of nitrogens with zero attached hydrogens (tertiary/aromatic N) is 1. The van der Waals surface area contributed by atoms with Gasteiger partial charge in [0.05, 0.1) is 0 Å². The number of hydrogen-bond donors (Lipinski definition) is 0. The highest BCUT2D eigenvalue weighted by Crippen LogP contribution is 2.18. The van der Waals surface area contributed by atoms with Gasteiger partial charge in [0.2, 0.25) is 0 Å². The van der Waals surface area contributed by atoms with Gasteiger partial charge in [-0.2, -0.15) is 0 Å². The molecular weight excluding hydrogens is 266 g/mol. The molecule has 1 atom stereocenters.